The summed E-state index contributed by atoms with van der Waals surface area (Å²) in [5.41, 5.74) is 1.55. The number of nitrogens with one attached hydrogen (secondary N) is 1. The average molecular weight is 290 g/mol. The number of hydrogen-bond donors (Lipinski definition) is 1. The number of nitrogens with zero attached hydrogens (tertiary/aromatic N) is 1. The fraction of sp³-hybridized carbons (Fsp3) is 0.647. The first-order valence-corrected chi connectivity index (χ1v) is 8.99. The Morgan fingerprint density at radius 2 is 2.05 bits per heavy atom. The minimum atomic E-state index is 0.680. The number of thioether (sulfide) groups is 1. The van der Waals surface area contributed by atoms with Crippen molar-refractivity contribution in [2.24, 2.45) is 0 Å². The van der Waals surface area contributed by atoms with Gasteiger partial charge in [-0.2, -0.15) is 0 Å². The molecule has 0 spiro atoms. The van der Waals surface area contributed by atoms with E-state index in [1.165, 1.54) is 43.0 Å². The Morgan fingerprint density at radius 1 is 1.25 bits per heavy atom. The molecule has 2 nitrogen and oxygen atoms in total. The molecule has 2 aliphatic heterocycles. The zero-order valence-electron chi connectivity index (χ0n) is 12.5. The fourth-order valence-corrected chi connectivity index (χ4v) is 4.61. The van der Waals surface area contributed by atoms with E-state index in [1.807, 2.05) is 11.8 Å². The molecule has 3 heteroatoms. The largest absolute Gasteiger partial charge is 0.315 e. The molecule has 0 aromatic heterocycles. The summed E-state index contributed by atoms with van der Waals surface area (Å²) in [4.78, 5) is 4.14. The van der Waals surface area contributed by atoms with E-state index < -0.39 is 0 Å². The van der Waals surface area contributed by atoms with Gasteiger partial charge in [-0.15, -0.1) is 11.8 Å². The normalized spacial score (nSPS) is 24.6. The second-order valence-corrected chi connectivity index (χ2v) is 7.21. The Bertz CT molecular complexity index is 429. The molecule has 0 aliphatic carbocycles. The van der Waals surface area contributed by atoms with Gasteiger partial charge in [-0.1, -0.05) is 24.6 Å². The van der Waals surface area contributed by atoms with Crippen LogP contribution in [-0.2, 0) is 0 Å². The predicted octanol–water partition coefficient (Wildman–Crippen LogP) is 3.34. The van der Waals surface area contributed by atoms with E-state index in [1.54, 1.807) is 5.56 Å². The molecule has 110 valence electrons. The molecular weight excluding hydrogens is 264 g/mol. The molecule has 0 bridgehead atoms. The molecule has 2 atom stereocenters. The summed E-state index contributed by atoms with van der Waals surface area (Å²) in [5.74, 6) is 1.94. The number of benzene rings is 1. The van der Waals surface area contributed by atoms with E-state index in [-0.39, 0.29) is 0 Å². The molecule has 0 amide bonds. The Kier molecular flexibility index (Phi) is 5.03. The van der Waals surface area contributed by atoms with Crippen molar-refractivity contribution in [1.82, 2.24) is 10.2 Å². The first-order chi connectivity index (χ1) is 9.84. The van der Waals surface area contributed by atoms with E-state index in [4.69, 9.17) is 0 Å². The Morgan fingerprint density at radius 3 is 2.90 bits per heavy atom. The predicted molar refractivity (Wildman–Crippen MR) is 87.7 cm³/mol. The highest BCUT2D eigenvalue weighted by molar-refractivity contribution is 7.99. The molecule has 20 heavy (non-hydrogen) atoms. The van der Waals surface area contributed by atoms with Crippen LogP contribution in [0.15, 0.2) is 29.2 Å². The summed E-state index contributed by atoms with van der Waals surface area (Å²) in [7, 11) is 0. The highest BCUT2D eigenvalue weighted by atomic mass is 32.2. The van der Waals surface area contributed by atoms with E-state index in [2.05, 4.69) is 41.4 Å². The zero-order valence-corrected chi connectivity index (χ0v) is 13.3. The molecule has 2 heterocycles. The lowest BCUT2D eigenvalue weighted by Crippen LogP contribution is -2.43. The van der Waals surface area contributed by atoms with Crippen molar-refractivity contribution in [3.63, 3.8) is 0 Å². The van der Waals surface area contributed by atoms with Crippen molar-refractivity contribution in [2.75, 3.05) is 31.9 Å². The molecule has 1 aromatic rings. The molecular formula is C17H26N2S. The van der Waals surface area contributed by atoms with Crippen LogP contribution in [0.25, 0.3) is 0 Å². The first-order valence-electron chi connectivity index (χ1n) is 8.01. The molecule has 2 aliphatic rings. The van der Waals surface area contributed by atoms with Gasteiger partial charge in [0.05, 0.1) is 0 Å². The Hall–Kier alpha value is -0.510. The van der Waals surface area contributed by atoms with Crippen molar-refractivity contribution < 1.29 is 0 Å². The lowest BCUT2D eigenvalue weighted by atomic mass is 10.0. The number of piperidine rings is 1. The van der Waals surface area contributed by atoms with Crippen molar-refractivity contribution in [3.8, 4) is 0 Å². The second-order valence-electron chi connectivity index (χ2n) is 6.15. The van der Waals surface area contributed by atoms with Crippen LogP contribution >= 0.6 is 11.8 Å². The minimum Gasteiger partial charge on any atom is -0.315 e. The third-order valence-electron chi connectivity index (χ3n) is 4.64. The topological polar surface area (TPSA) is 15.3 Å². The zero-order chi connectivity index (χ0) is 13.8. The Balaban J connectivity index is 1.44. The van der Waals surface area contributed by atoms with Gasteiger partial charge in [0, 0.05) is 35.7 Å². The van der Waals surface area contributed by atoms with Gasteiger partial charge in [-0.05, 0) is 44.5 Å². The van der Waals surface area contributed by atoms with Gasteiger partial charge in [0.1, 0.15) is 0 Å². The van der Waals surface area contributed by atoms with Crippen LogP contribution < -0.4 is 5.32 Å². The third kappa shape index (κ3) is 3.38. The van der Waals surface area contributed by atoms with Crippen LogP contribution in [0.5, 0.6) is 0 Å². The summed E-state index contributed by atoms with van der Waals surface area (Å²) in [6.07, 6.45) is 4.20. The first kappa shape index (κ1) is 14.4. The van der Waals surface area contributed by atoms with Crippen molar-refractivity contribution in [3.05, 3.63) is 29.8 Å². The van der Waals surface area contributed by atoms with Crippen molar-refractivity contribution in [1.29, 1.82) is 0 Å². The number of likely N-dealkylation sites (tertiary alicyclic amines) is 1. The van der Waals surface area contributed by atoms with E-state index >= 15 is 0 Å². The number of fused-ring (bicyclic) bond motifs is 1. The van der Waals surface area contributed by atoms with Crippen LogP contribution in [-0.4, -0.2) is 42.9 Å². The standard InChI is InChI=1S/C17H26N2S/c1-14(19-9-5-2-6-10-19)11-18-12-15-13-20-17-8-4-3-7-16(15)17/h3-4,7-8,14-15,18H,2,5-6,9-13H2,1H3. The SMILES string of the molecule is CC(CNCC1CSc2ccccc21)N1CCCCC1. The van der Waals surface area contributed by atoms with Gasteiger partial charge >= 0.3 is 0 Å². The molecule has 2 unspecified atom stereocenters. The second kappa shape index (κ2) is 6.97. The van der Waals surface area contributed by atoms with Crippen LogP contribution in [0.4, 0.5) is 0 Å². The quantitative estimate of drug-likeness (QED) is 0.895. The van der Waals surface area contributed by atoms with Gasteiger partial charge in [0.25, 0.3) is 0 Å². The smallest absolute Gasteiger partial charge is 0.0192 e. The molecule has 0 radical (unpaired) electrons. The average Bonchev–Trinajstić information content (AvgIpc) is 2.92. The maximum absolute atomic E-state index is 3.71. The van der Waals surface area contributed by atoms with E-state index in [0.29, 0.717) is 12.0 Å². The summed E-state index contributed by atoms with van der Waals surface area (Å²) < 4.78 is 0. The van der Waals surface area contributed by atoms with Gasteiger partial charge in [-0.25, -0.2) is 0 Å². The van der Waals surface area contributed by atoms with Crippen LogP contribution in [0.1, 0.15) is 37.7 Å². The van der Waals surface area contributed by atoms with Crippen molar-refractivity contribution in [2.45, 2.75) is 43.0 Å². The summed E-state index contributed by atoms with van der Waals surface area (Å²) in [5, 5.41) is 3.71. The Labute approximate surface area is 127 Å². The van der Waals surface area contributed by atoms with Gasteiger partial charge in [0.15, 0.2) is 0 Å². The molecule has 1 aromatic carbocycles. The molecule has 0 saturated carbocycles. The highest BCUT2D eigenvalue weighted by Gasteiger charge is 2.23. The fourth-order valence-electron chi connectivity index (χ4n) is 3.35. The number of hydrogen-bond acceptors (Lipinski definition) is 3. The van der Waals surface area contributed by atoms with E-state index in [0.717, 1.165) is 13.1 Å². The van der Waals surface area contributed by atoms with Crippen LogP contribution in [0.3, 0.4) is 0 Å². The van der Waals surface area contributed by atoms with Gasteiger partial charge in [0.2, 0.25) is 0 Å². The molecule has 1 N–H and O–H groups in total. The lowest BCUT2D eigenvalue weighted by molar-refractivity contribution is 0.171. The third-order valence-corrected chi connectivity index (χ3v) is 5.90. The summed E-state index contributed by atoms with van der Waals surface area (Å²) in [6, 6.07) is 9.57. The summed E-state index contributed by atoms with van der Waals surface area (Å²) in [6.45, 7) is 7.22. The monoisotopic (exact) mass is 290 g/mol. The minimum absolute atomic E-state index is 0.680. The summed E-state index contributed by atoms with van der Waals surface area (Å²) >= 11 is 2.01. The number of rotatable bonds is 5. The molecule has 1 saturated heterocycles. The lowest BCUT2D eigenvalue weighted by Gasteiger charge is -2.32. The van der Waals surface area contributed by atoms with Crippen LogP contribution in [0, 0.1) is 0 Å². The van der Waals surface area contributed by atoms with Crippen LogP contribution in [0.2, 0.25) is 0 Å². The molecule has 1 fully saturated rings. The maximum Gasteiger partial charge on any atom is 0.0192 e. The van der Waals surface area contributed by atoms with Crippen molar-refractivity contribution >= 4 is 11.8 Å². The molecule has 3 rings (SSSR count). The van der Waals surface area contributed by atoms with Gasteiger partial charge < -0.3 is 5.32 Å². The van der Waals surface area contributed by atoms with E-state index in [9.17, 15) is 0 Å². The maximum atomic E-state index is 3.71. The van der Waals surface area contributed by atoms with Gasteiger partial charge in [-0.3, -0.25) is 4.90 Å². The highest BCUT2D eigenvalue weighted by Crippen LogP contribution is 2.38.